The summed E-state index contributed by atoms with van der Waals surface area (Å²) < 4.78 is 6.19. The van der Waals surface area contributed by atoms with Crippen LogP contribution in [0.5, 0.6) is 5.75 Å². The fourth-order valence-corrected chi connectivity index (χ4v) is 2.43. The Morgan fingerprint density at radius 3 is 1.75 bits per heavy atom. The van der Waals surface area contributed by atoms with Crippen LogP contribution in [0.15, 0.2) is 12.1 Å². The molecule has 0 spiro atoms. The second kappa shape index (κ2) is 6.43. The van der Waals surface area contributed by atoms with E-state index in [1.807, 2.05) is 0 Å². The zero-order valence-electron chi connectivity index (χ0n) is 14.2. The second-order valence-electron chi connectivity index (χ2n) is 7.64. The third-order valence-electron chi connectivity index (χ3n) is 3.42. The quantitative estimate of drug-likeness (QED) is 0.592. The summed E-state index contributed by atoms with van der Waals surface area (Å²) in [4.78, 5) is 0. The fourth-order valence-electron chi connectivity index (χ4n) is 2.29. The second-order valence-corrected chi connectivity index (χ2v) is 8.14. The van der Waals surface area contributed by atoms with Crippen molar-refractivity contribution in [2.45, 2.75) is 65.7 Å². The van der Waals surface area contributed by atoms with Crippen molar-refractivity contribution < 1.29 is 4.74 Å². The highest BCUT2D eigenvalue weighted by Gasteiger charge is 2.27. The Labute approximate surface area is 130 Å². The minimum Gasteiger partial charge on any atom is -0.493 e. The van der Waals surface area contributed by atoms with Crippen LogP contribution in [0.3, 0.4) is 0 Å². The standard InChI is InChI=1S/C18H30OS/c1-13-11-14(17(2,3)4)16(19-9-8-10-20)15(12-13)18(5,6)7/h11-12,20H,8-10H2,1-7H3/p+1. The van der Waals surface area contributed by atoms with E-state index >= 15 is 0 Å². The first-order chi connectivity index (χ1) is 9.07. The van der Waals surface area contributed by atoms with Crippen molar-refractivity contribution >= 4 is 12.6 Å². The molecule has 0 aromatic heterocycles. The molecule has 1 aromatic carbocycles. The number of rotatable bonds is 4. The van der Waals surface area contributed by atoms with Gasteiger partial charge < -0.3 is 4.74 Å². The molecule has 0 N–H and O–H groups in total. The van der Waals surface area contributed by atoms with Gasteiger partial charge in [0.05, 0.1) is 6.61 Å². The molecule has 0 fully saturated rings. The molecule has 1 aromatic rings. The highest BCUT2D eigenvalue weighted by atomic mass is 32.1. The van der Waals surface area contributed by atoms with Gasteiger partial charge in [0.1, 0.15) is 11.5 Å². The van der Waals surface area contributed by atoms with E-state index in [0.717, 1.165) is 24.5 Å². The molecule has 1 rings (SSSR count). The van der Waals surface area contributed by atoms with Crippen LogP contribution in [-0.2, 0) is 23.5 Å². The monoisotopic (exact) mass is 295 g/mol. The Bertz CT molecular complexity index is 414. The van der Waals surface area contributed by atoms with Gasteiger partial charge in [0.15, 0.2) is 0 Å². The van der Waals surface area contributed by atoms with Crippen LogP contribution in [0.25, 0.3) is 0 Å². The third-order valence-corrected chi connectivity index (χ3v) is 3.77. The van der Waals surface area contributed by atoms with Crippen LogP contribution < -0.4 is 4.74 Å². The summed E-state index contributed by atoms with van der Waals surface area (Å²) in [5, 5.41) is 0. The predicted octanol–water partition coefficient (Wildman–Crippen LogP) is 4.37. The van der Waals surface area contributed by atoms with Crippen LogP contribution in [0.2, 0.25) is 0 Å². The van der Waals surface area contributed by atoms with Gasteiger partial charge >= 0.3 is 0 Å². The lowest BCUT2D eigenvalue weighted by Crippen LogP contribution is -2.20. The van der Waals surface area contributed by atoms with Gasteiger partial charge in [-0.05, 0) is 30.4 Å². The van der Waals surface area contributed by atoms with Crippen LogP contribution in [0.1, 0.15) is 64.7 Å². The maximum Gasteiger partial charge on any atom is 0.126 e. The van der Waals surface area contributed by atoms with Crippen LogP contribution >= 0.6 is 0 Å². The highest BCUT2D eigenvalue weighted by Crippen LogP contribution is 2.40. The molecule has 0 unspecified atom stereocenters. The first-order valence-corrected chi connectivity index (χ1v) is 8.21. The minimum absolute atomic E-state index is 0.0926. The molecule has 0 saturated carbocycles. The number of hydrogen-bond donors (Lipinski definition) is 0. The molecule has 0 atom stereocenters. The molecule has 0 heterocycles. The topological polar surface area (TPSA) is 9.23 Å². The van der Waals surface area contributed by atoms with Crippen molar-refractivity contribution in [3.05, 3.63) is 28.8 Å². The lowest BCUT2D eigenvalue weighted by Gasteiger charge is -2.30. The maximum absolute atomic E-state index is 6.19. The third kappa shape index (κ3) is 4.44. The summed E-state index contributed by atoms with van der Waals surface area (Å²) in [6.45, 7) is 16.5. The van der Waals surface area contributed by atoms with E-state index in [9.17, 15) is 0 Å². The fraction of sp³-hybridized carbons (Fsp3) is 0.667. The van der Waals surface area contributed by atoms with Crippen molar-refractivity contribution in [2.75, 3.05) is 12.4 Å². The van der Waals surface area contributed by atoms with Gasteiger partial charge in [-0.15, -0.1) is 0 Å². The molecule has 0 saturated heterocycles. The zero-order chi connectivity index (χ0) is 15.6. The molecule has 0 radical (unpaired) electrons. The molecule has 2 heteroatoms. The SMILES string of the molecule is Cc1cc(C(C)(C)C)c(OCCC[SH2+])c(C(C)(C)C)c1. The number of aryl methyl sites for hydroxylation is 1. The van der Waals surface area contributed by atoms with Gasteiger partial charge in [-0.25, -0.2) is 0 Å². The summed E-state index contributed by atoms with van der Waals surface area (Å²) in [5.74, 6) is 2.07. The molecule has 0 aliphatic rings. The largest absolute Gasteiger partial charge is 0.493 e. The first kappa shape index (κ1) is 17.4. The van der Waals surface area contributed by atoms with E-state index in [4.69, 9.17) is 4.74 Å². The average Bonchev–Trinajstić information content (AvgIpc) is 2.28. The number of hydrogen-bond acceptors (Lipinski definition) is 1. The molecule has 0 amide bonds. The van der Waals surface area contributed by atoms with Gasteiger partial charge in [0.2, 0.25) is 0 Å². The lowest BCUT2D eigenvalue weighted by atomic mass is 9.78. The molecule has 0 bridgehead atoms. The number of benzene rings is 1. The summed E-state index contributed by atoms with van der Waals surface area (Å²) in [6, 6.07) is 4.55. The van der Waals surface area contributed by atoms with Gasteiger partial charge in [-0.2, -0.15) is 0 Å². The van der Waals surface area contributed by atoms with E-state index < -0.39 is 0 Å². The Morgan fingerprint density at radius 2 is 1.40 bits per heavy atom. The summed E-state index contributed by atoms with van der Waals surface area (Å²) >= 11 is 3.52. The van der Waals surface area contributed by atoms with Crippen molar-refractivity contribution in [2.24, 2.45) is 0 Å². The van der Waals surface area contributed by atoms with E-state index in [-0.39, 0.29) is 10.8 Å². The van der Waals surface area contributed by atoms with E-state index in [1.54, 1.807) is 0 Å². The lowest BCUT2D eigenvalue weighted by molar-refractivity contribution is 0.301. The average molecular weight is 296 g/mol. The van der Waals surface area contributed by atoms with E-state index in [1.165, 1.54) is 16.7 Å². The summed E-state index contributed by atoms with van der Waals surface area (Å²) in [5.41, 5.74) is 4.13. The van der Waals surface area contributed by atoms with Crippen molar-refractivity contribution in [3.63, 3.8) is 0 Å². The van der Waals surface area contributed by atoms with Crippen LogP contribution in [0, 0.1) is 6.92 Å². The summed E-state index contributed by atoms with van der Waals surface area (Å²) in [6.07, 6.45) is 1.03. The molecule has 114 valence electrons. The maximum atomic E-state index is 6.19. The van der Waals surface area contributed by atoms with Crippen molar-refractivity contribution in [3.8, 4) is 5.75 Å². The van der Waals surface area contributed by atoms with E-state index in [0.29, 0.717) is 0 Å². The van der Waals surface area contributed by atoms with Crippen molar-refractivity contribution in [1.82, 2.24) is 0 Å². The normalized spacial score (nSPS) is 12.6. The Hall–Kier alpha value is -0.630. The smallest absolute Gasteiger partial charge is 0.126 e. The van der Waals surface area contributed by atoms with Gasteiger partial charge in [-0.3, -0.25) is 0 Å². The Morgan fingerprint density at radius 1 is 0.950 bits per heavy atom. The van der Waals surface area contributed by atoms with Crippen LogP contribution in [0.4, 0.5) is 0 Å². The molecular weight excluding hydrogens is 264 g/mol. The Balaban J connectivity index is 3.38. The Kier molecular flexibility index (Phi) is 5.60. The van der Waals surface area contributed by atoms with Gasteiger partial charge in [0.25, 0.3) is 0 Å². The summed E-state index contributed by atoms with van der Waals surface area (Å²) in [7, 11) is 0. The molecule has 20 heavy (non-hydrogen) atoms. The molecule has 1 nitrogen and oxygen atoms in total. The van der Waals surface area contributed by atoms with Gasteiger partial charge in [0, 0.05) is 17.5 Å². The van der Waals surface area contributed by atoms with Gasteiger partial charge in [-0.1, -0.05) is 59.2 Å². The first-order valence-electron chi connectivity index (χ1n) is 7.50. The molecular formula is C18H31OS+. The minimum atomic E-state index is 0.0926. The number of ether oxygens (including phenoxy) is 1. The predicted molar refractivity (Wildman–Crippen MR) is 93.7 cm³/mol. The van der Waals surface area contributed by atoms with Crippen LogP contribution in [-0.4, -0.2) is 12.4 Å². The molecule has 0 aliphatic carbocycles. The molecule has 0 aliphatic heterocycles. The van der Waals surface area contributed by atoms with Crippen molar-refractivity contribution in [1.29, 1.82) is 0 Å². The van der Waals surface area contributed by atoms with E-state index in [2.05, 4.69) is 73.2 Å². The highest BCUT2D eigenvalue weighted by molar-refractivity contribution is 7.58. The zero-order valence-corrected chi connectivity index (χ0v) is 15.2.